The van der Waals surface area contributed by atoms with Crippen LogP contribution in [0.15, 0.2) is 42.6 Å². The van der Waals surface area contributed by atoms with Gasteiger partial charge in [-0.1, -0.05) is 19.9 Å². The maximum Gasteiger partial charge on any atom is 0.290 e. The number of fused-ring (bicyclic) bond motifs is 1. The first-order valence-electron chi connectivity index (χ1n) is 12.5. The summed E-state index contributed by atoms with van der Waals surface area (Å²) < 4.78 is 31.9. The van der Waals surface area contributed by atoms with Gasteiger partial charge in [-0.25, -0.2) is 9.37 Å². The Labute approximate surface area is 217 Å². The van der Waals surface area contributed by atoms with Gasteiger partial charge >= 0.3 is 0 Å². The Morgan fingerprint density at radius 3 is 2.43 bits per heavy atom. The zero-order valence-electron chi connectivity index (χ0n) is 21.8. The third-order valence-electron chi connectivity index (χ3n) is 6.90. The Balaban J connectivity index is 0.00000102. The largest absolute Gasteiger partial charge is 0.493 e. The zero-order chi connectivity index (χ0) is 26.6. The monoisotopic (exact) mass is 507 g/mol. The van der Waals surface area contributed by atoms with Crippen molar-refractivity contribution in [1.82, 2.24) is 4.98 Å². The molecule has 7 heteroatoms. The number of carbonyl (C=O) groups is 1. The highest BCUT2D eigenvalue weighted by Crippen LogP contribution is 2.34. The second-order valence-electron chi connectivity index (χ2n) is 10.5. The summed E-state index contributed by atoms with van der Waals surface area (Å²) in [5, 5.41) is 6.89. The van der Waals surface area contributed by atoms with E-state index in [4.69, 9.17) is 24.1 Å². The number of rotatable bonds is 7. The summed E-state index contributed by atoms with van der Waals surface area (Å²) in [5.74, 6) is 1.77. The number of hydrogen-bond acceptors (Lipinski definition) is 5. The molecule has 1 atom stereocenters. The minimum absolute atomic E-state index is 0.0955. The van der Waals surface area contributed by atoms with Crippen molar-refractivity contribution in [2.24, 2.45) is 11.3 Å². The van der Waals surface area contributed by atoms with Crippen molar-refractivity contribution in [2.75, 3.05) is 19.8 Å². The van der Waals surface area contributed by atoms with Gasteiger partial charge in [0.1, 0.15) is 18.2 Å². The van der Waals surface area contributed by atoms with E-state index >= 15 is 0 Å². The molecule has 1 fully saturated rings. The van der Waals surface area contributed by atoms with E-state index in [1.54, 1.807) is 0 Å². The summed E-state index contributed by atoms with van der Waals surface area (Å²) in [7, 11) is 0. The number of aromatic nitrogens is 1. The van der Waals surface area contributed by atoms with Crippen molar-refractivity contribution >= 4 is 6.47 Å². The van der Waals surface area contributed by atoms with Crippen LogP contribution in [0.3, 0.4) is 0 Å². The molecule has 5 rings (SSSR count). The summed E-state index contributed by atoms with van der Waals surface area (Å²) in [6.45, 7) is 10.6. The molecule has 1 aliphatic heterocycles. The first kappa shape index (κ1) is 26.6. The minimum atomic E-state index is -0.273. The maximum atomic E-state index is 14.6. The van der Waals surface area contributed by atoms with E-state index in [2.05, 4.69) is 44.8 Å². The molecule has 1 unspecified atom stereocenters. The van der Waals surface area contributed by atoms with E-state index in [1.165, 1.54) is 17.2 Å². The Bertz CT molecular complexity index is 1250. The smallest absolute Gasteiger partial charge is 0.290 e. The molecule has 2 aliphatic rings. The SMILES string of the molecule is Cc1cc(OCC2(C)COC2)cc(C)c1-c1ccc(F)c(COc2cc3c(cn2)CC(C)C3)c1.O=CO. The lowest BCUT2D eigenvalue weighted by atomic mass is 9.90. The van der Waals surface area contributed by atoms with Crippen molar-refractivity contribution in [2.45, 2.75) is 47.1 Å². The highest BCUT2D eigenvalue weighted by molar-refractivity contribution is 5.72. The third-order valence-corrected chi connectivity index (χ3v) is 6.90. The topological polar surface area (TPSA) is 77.9 Å². The van der Waals surface area contributed by atoms with Crippen molar-refractivity contribution in [3.05, 3.63) is 76.2 Å². The molecular formula is C30H34FNO5. The average molecular weight is 508 g/mol. The molecule has 37 heavy (non-hydrogen) atoms. The van der Waals surface area contributed by atoms with E-state index in [0.29, 0.717) is 24.0 Å². The molecular weight excluding hydrogens is 473 g/mol. The van der Waals surface area contributed by atoms with Gasteiger partial charge in [-0.3, -0.25) is 4.79 Å². The van der Waals surface area contributed by atoms with Crippen LogP contribution in [0.4, 0.5) is 4.39 Å². The number of nitrogens with zero attached hydrogens (tertiary/aromatic N) is 1. The molecule has 0 amide bonds. The lowest BCUT2D eigenvalue weighted by Gasteiger charge is -2.37. The Morgan fingerprint density at radius 1 is 1.11 bits per heavy atom. The average Bonchev–Trinajstić information content (AvgIpc) is 3.21. The highest BCUT2D eigenvalue weighted by Gasteiger charge is 2.34. The molecule has 0 saturated carbocycles. The number of benzene rings is 2. The van der Waals surface area contributed by atoms with Gasteiger partial charge in [0.15, 0.2) is 0 Å². The number of aryl methyl sites for hydroxylation is 2. The first-order chi connectivity index (χ1) is 17.7. The molecule has 1 saturated heterocycles. The van der Waals surface area contributed by atoms with E-state index < -0.39 is 0 Å². The molecule has 0 radical (unpaired) electrons. The molecule has 6 nitrogen and oxygen atoms in total. The molecule has 1 aliphatic carbocycles. The Kier molecular flexibility index (Phi) is 8.13. The van der Waals surface area contributed by atoms with E-state index in [0.717, 1.165) is 54.1 Å². The van der Waals surface area contributed by atoms with Gasteiger partial charge in [0.25, 0.3) is 6.47 Å². The van der Waals surface area contributed by atoms with Gasteiger partial charge in [0, 0.05) is 23.2 Å². The third kappa shape index (κ3) is 6.28. The van der Waals surface area contributed by atoms with E-state index in [-0.39, 0.29) is 24.3 Å². The number of halogens is 1. The molecule has 2 heterocycles. The fraction of sp³-hybridized carbons (Fsp3) is 0.400. The molecule has 2 aromatic carbocycles. The van der Waals surface area contributed by atoms with Crippen molar-refractivity contribution in [1.29, 1.82) is 0 Å². The van der Waals surface area contributed by atoms with Crippen molar-refractivity contribution in [3.8, 4) is 22.8 Å². The maximum absolute atomic E-state index is 14.6. The van der Waals surface area contributed by atoms with Crippen LogP contribution in [0.5, 0.6) is 11.6 Å². The number of pyridine rings is 1. The molecule has 196 valence electrons. The summed E-state index contributed by atoms with van der Waals surface area (Å²) in [6, 6.07) is 11.3. The van der Waals surface area contributed by atoms with Gasteiger partial charge in [-0.2, -0.15) is 0 Å². The van der Waals surface area contributed by atoms with Crippen LogP contribution in [-0.4, -0.2) is 36.4 Å². The quantitative estimate of drug-likeness (QED) is 0.399. The molecule has 1 aromatic heterocycles. The Hall–Kier alpha value is -3.45. The lowest BCUT2D eigenvalue weighted by molar-refractivity contribution is -0.122. The summed E-state index contributed by atoms with van der Waals surface area (Å²) >= 11 is 0. The normalized spacial score (nSPS) is 17.2. The van der Waals surface area contributed by atoms with E-state index in [9.17, 15) is 4.39 Å². The van der Waals surface area contributed by atoms with Gasteiger partial charge in [-0.15, -0.1) is 0 Å². The second kappa shape index (κ2) is 11.3. The van der Waals surface area contributed by atoms with Gasteiger partial charge in [0.05, 0.1) is 19.8 Å². The van der Waals surface area contributed by atoms with Crippen LogP contribution in [0, 0.1) is 31.0 Å². The molecule has 0 spiro atoms. The number of carboxylic acid groups (broad SMARTS) is 1. The van der Waals surface area contributed by atoms with Gasteiger partial charge < -0.3 is 19.3 Å². The van der Waals surface area contributed by atoms with Crippen LogP contribution in [0.25, 0.3) is 11.1 Å². The summed E-state index contributed by atoms with van der Waals surface area (Å²) in [6.07, 6.45) is 4.01. The van der Waals surface area contributed by atoms with Gasteiger partial charge in [-0.05, 0) is 90.3 Å². The number of ether oxygens (including phenoxy) is 3. The predicted octanol–water partition coefficient (Wildman–Crippen LogP) is 5.93. The van der Waals surface area contributed by atoms with Crippen molar-refractivity contribution in [3.63, 3.8) is 0 Å². The summed E-state index contributed by atoms with van der Waals surface area (Å²) in [4.78, 5) is 12.8. The Morgan fingerprint density at radius 2 is 1.78 bits per heavy atom. The van der Waals surface area contributed by atoms with Crippen LogP contribution in [0.1, 0.15) is 41.7 Å². The van der Waals surface area contributed by atoms with Crippen LogP contribution in [-0.2, 0) is 29.0 Å². The predicted molar refractivity (Wildman–Crippen MR) is 140 cm³/mol. The fourth-order valence-corrected chi connectivity index (χ4v) is 5.03. The minimum Gasteiger partial charge on any atom is -0.493 e. The standard InChI is InChI=1S/C29H32FNO3.CH2O2/c1-18-7-22-12-27(31-13-23(22)8-18)33-14-24-11-21(5-6-26(24)30)28-19(2)9-25(10-20(28)3)34-17-29(4)15-32-16-29;2-1-3/h5-6,9-13,18H,7-8,14-17H2,1-4H3;1H,(H,2,3). The zero-order valence-corrected chi connectivity index (χ0v) is 21.8. The fourth-order valence-electron chi connectivity index (χ4n) is 5.03. The molecule has 3 aromatic rings. The summed E-state index contributed by atoms with van der Waals surface area (Å²) in [5.41, 5.74) is 7.45. The van der Waals surface area contributed by atoms with Crippen molar-refractivity contribution < 1.29 is 28.5 Å². The molecule has 1 N–H and O–H groups in total. The molecule has 0 bridgehead atoms. The first-order valence-corrected chi connectivity index (χ1v) is 12.5. The van der Waals surface area contributed by atoms with Crippen LogP contribution in [0.2, 0.25) is 0 Å². The van der Waals surface area contributed by atoms with Crippen LogP contribution < -0.4 is 9.47 Å². The van der Waals surface area contributed by atoms with Gasteiger partial charge in [0.2, 0.25) is 5.88 Å². The van der Waals surface area contributed by atoms with Crippen LogP contribution >= 0.6 is 0 Å². The van der Waals surface area contributed by atoms with E-state index in [1.807, 2.05) is 24.4 Å². The number of hydrogen-bond donors (Lipinski definition) is 1. The lowest BCUT2D eigenvalue weighted by Crippen LogP contribution is -2.44. The second-order valence-corrected chi connectivity index (χ2v) is 10.5. The highest BCUT2D eigenvalue weighted by atomic mass is 19.1.